The molecule has 9 heteroatoms. The van der Waals surface area contributed by atoms with Crippen molar-refractivity contribution in [3.8, 4) is 11.4 Å². The molecule has 1 aromatic carbocycles. The van der Waals surface area contributed by atoms with E-state index in [2.05, 4.69) is 34.1 Å². The van der Waals surface area contributed by atoms with Gasteiger partial charge < -0.3 is 13.8 Å². The number of carbonyl (C=O) groups excluding carboxylic acids is 1. The number of carbonyl (C=O) groups is 1. The van der Waals surface area contributed by atoms with E-state index in [4.69, 9.17) is 13.8 Å². The van der Waals surface area contributed by atoms with E-state index in [1.165, 1.54) is 17.3 Å². The Bertz CT molecular complexity index is 1230. The maximum Gasteiger partial charge on any atom is 0.341 e. The normalized spacial score (nSPS) is 11.2. The highest BCUT2D eigenvalue weighted by Crippen LogP contribution is 2.28. The number of pyridine rings is 1. The molecule has 0 fully saturated rings. The van der Waals surface area contributed by atoms with Gasteiger partial charge in [0, 0.05) is 23.1 Å². The first-order valence-corrected chi connectivity index (χ1v) is 11.5. The van der Waals surface area contributed by atoms with Crippen LogP contribution in [0.15, 0.2) is 56.7 Å². The summed E-state index contributed by atoms with van der Waals surface area (Å²) in [7, 11) is 0. The maximum absolute atomic E-state index is 12.7. The van der Waals surface area contributed by atoms with Crippen molar-refractivity contribution in [3.63, 3.8) is 0 Å². The first-order chi connectivity index (χ1) is 15.9. The number of thioether (sulfide) groups is 1. The molecule has 0 atom stereocenters. The third-order valence-electron chi connectivity index (χ3n) is 5.16. The quantitative estimate of drug-likeness (QED) is 0.246. The van der Waals surface area contributed by atoms with Gasteiger partial charge in [-0.1, -0.05) is 48.4 Å². The van der Waals surface area contributed by atoms with Crippen molar-refractivity contribution in [1.29, 1.82) is 0 Å². The first kappa shape index (κ1) is 22.7. The molecule has 0 aliphatic carbocycles. The Morgan fingerprint density at radius 2 is 1.88 bits per heavy atom. The summed E-state index contributed by atoms with van der Waals surface area (Å²) in [6.45, 7) is 7.90. The lowest BCUT2D eigenvalue weighted by Crippen LogP contribution is -2.08. The molecule has 33 heavy (non-hydrogen) atoms. The minimum atomic E-state index is -0.509. The van der Waals surface area contributed by atoms with Crippen molar-refractivity contribution in [2.24, 2.45) is 0 Å². The average molecular weight is 465 g/mol. The zero-order valence-electron chi connectivity index (χ0n) is 18.9. The fraction of sp³-hybridized carbons (Fsp3) is 0.292. The largest absolute Gasteiger partial charge is 0.452 e. The molecular weight excluding hydrogens is 440 g/mol. The monoisotopic (exact) mass is 464 g/mol. The summed E-state index contributed by atoms with van der Waals surface area (Å²) in [6.07, 6.45) is 1.64. The third kappa shape index (κ3) is 5.31. The van der Waals surface area contributed by atoms with E-state index < -0.39 is 5.97 Å². The molecule has 170 valence electrons. The molecule has 0 bridgehead atoms. The Kier molecular flexibility index (Phi) is 6.88. The number of esters is 1. The molecular formula is C24H24N4O4S. The predicted molar refractivity (Wildman–Crippen MR) is 123 cm³/mol. The van der Waals surface area contributed by atoms with Gasteiger partial charge in [-0.15, -0.1) is 11.8 Å². The van der Waals surface area contributed by atoms with Crippen LogP contribution in [0.25, 0.3) is 11.4 Å². The Morgan fingerprint density at radius 1 is 1.09 bits per heavy atom. The van der Waals surface area contributed by atoms with Crippen LogP contribution in [0.5, 0.6) is 0 Å². The molecule has 0 saturated heterocycles. The van der Waals surface area contributed by atoms with Crippen molar-refractivity contribution >= 4 is 17.7 Å². The minimum Gasteiger partial charge on any atom is -0.452 e. The molecule has 8 nitrogen and oxygen atoms in total. The van der Waals surface area contributed by atoms with Crippen molar-refractivity contribution in [2.75, 3.05) is 0 Å². The van der Waals surface area contributed by atoms with E-state index in [0.29, 0.717) is 28.1 Å². The lowest BCUT2D eigenvalue weighted by atomic mass is 10.0. The summed E-state index contributed by atoms with van der Waals surface area (Å²) in [6, 6.07) is 11.4. The number of ether oxygens (including phenoxy) is 1. The summed E-state index contributed by atoms with van der Waals surface area (Å²) in [5.74, 6) is 1.95. The van der Waals surface area contributed by atoms with Gasteiger partial charge in [-0.25, -0.2) is 9.78 Å². The summed E-state index contributed by atoms with van der Waals surface area (Å²) in [5.41, 5.74) is 4.26. The van der Waals surface area contributed by atoms with E-state index in [1.807, 2.05) is 38.1 Å². The van der Waals surface area contributed by atoms with E-state index in [9.17, 15) is 4.79 Å². The Hall–Kier alpha value is -3.46. The highest BCUT2D eigenvalue weighted by Gasteiger charge is 2.18. The van der Waals surface area contributed by atoms with E-state index >= 15 is 0 Å². The Balaban J connectivity index is 1.39. The van der Waals surface area contributed by atoms with Crippen LogP contribution in [0.2, 0.25) is 0 Å². The van der Waals surface area contributed by atoms with Crippen LogP contribution in [0, 0.1) is 13.8 Å². The molecule has 0 radical (unpaired) electrons. The van der Waals surface area contributed by atoms with Gasteiger partial charge in [-0.05, 0) is 37.5 Å². The van der Waals surface area contributed by atoms with Crippen LogP contribution in [0.1, 0.15) is 58.6 Å². The van der Waals surface area contributed by atoms with Gasteiger partial charge in [0.25, 0.3) is 5.89 Å². The average Bonchev–Trinajstić information content (AvgIpc) is 3.43. The summed E-state index contributed by atoms with van der Waals surface area (Å²) < 4.78 is 15.9. The fourth-order valence-electron chi connectivity index (χ4n) is 3.16. The maximum atomic E-state index is 12.7. The highest BCUT2D eigenvalue weighted by atomic mass is 32.2. The Morgan fingerprint density at radius 3 is 2.58 bits per heavy atom. The van der Waals surface area contributed by atoms with Gasteiger partial charge >= 0.3 is 5.97 Å². The topological polar surface area (TPSA) is 104 Å². The van der Waals surface area contributed by atoms with Crippen molar-refractivity contribution in [3.05, 3.63) is 76.6 Å². The van der Waals surface area contributed by atoms with Crippen molar-refractivity contribution in [1.82, 2.24) is 20.3 Å². The van der Waals surface area contributed by atoms with Crippen LogP contribution in [0.4, 0.5) is 0 Å². The molecule has 4 rings (SSSR count). The van der Waals surface area contributed by atoms with Crippen LogP contribution in [0.3, 0.4) is 0 Å². The summed E-state index contributed by atoms with van der Waals surface area (Å²) >= 11 is 1.42. The molecule has 3 aromatic heterocycles. The number of hydrogen-bond acceptors (Lipinski definition) is 9. The second kappa shape index (κ2) is 9.99. The summed E-state index contributed by atoms with van der Waals surface area (Å²) in [5, 5.41) is 8.52. The first-order valence-electron chi connectivity index (χ1n) is 10.5. The van der Waals surface area contributed by atoms with Gasteiger partial charge in [0.15, 0.2) is 6.61 Å². The molecule has 4 aromatic rings. The zero-order chi connectivity index (χ0) is 23.4. The number of benzene rings is 1. The number of aromatic nitrogens is 4. The van der Waals surface area contributed by atoms with E-state index in [0.717, 1.165) is 22.6 Å². The molecule has 0 aliphatic heterocycles. The van der Waals surface area contributed by atoms with Gasteiger partial charge in [0.1, 0.15) is 10.8 Å². The molecule has 0 unspecified atom stereocenters. The zero-order valence-corrected chi connectivity index (χ0v) is 19.7. The number of rotatable bonds is 8. The molecule has 0 aliphatic rings. The molecule has 0 amide bonds. The van der Waals surface area contributed by atoms with Gasteiger partial charge in [0.05, 0.1) is 11.3 Å². The second-order valence-corrected chi connectivity index (χ2v) is 8.78. The molecule has 0 saturated carbocycles. The highest BCUT2D eigenvalue weighted by molar-refractivity contribution is 7.98. The number of hydrogen-bond donors (Lipinski definition) is 0. The molecule has 0 spiro atoms. The van der Waals surface area contributed by atoms with Crippen LogP contribution < -0.4 is 0 Å². The lowest BCUT2D eigenvalue weighted by molar-refractivity contribution is 0.0424. The van der Waals surface area contributed by atoms with Crippen LogP contribution in [-0.4, -0.2) is 26.3 Å². The van der Waals surface area contributed by atoms with Crippen molar-refractivity contribution < 1.29 is 18.6 Å². The smallest absolute Gasteiger partial charge is 0.341 e. The van der Waals surface area contributed by atoms with E-state index in [-0.39, 0.29) is 12.5 Å². The van der Waals surface area contributed by atoms with Gasteiger partial charge in [-0.2, -0.15) is 4.98 Å². The minimum absolute atomic E-state index is 0.126. The van der Waals surface area contributed by atoms with Gasteiger partial charge in [0.2, 0.25) is 5.82 Å². The summed E-state index contributed by atoms with van der Waals surface area (Å²) in [4.78, 5) is 21.4. The molecule has 3 heterocycles. The number of nitrogens with zero attached hydrogens (tertiary/aromatic N) is 4. The van der Waals surface area contributed by atoms with Crippen LogP contribution in [-0.2, 0) is 17.1 Å². The molecule has 0 N–H and O–H groups in total. The second-order valence-electron chi connectivity index (χ2n) is 7.81. The van der Waals surface area contributed by atoms with Crippen molar-refractivity contribution in [2.45, 2.75) is 51.0 Å². The lowest BCUT2D eigenvalue weighted by Gasteiger charge is -2.07. The standard InChI is InChI=1S/C24H24N4O4S/c1-14(2)17-7-9-18(10-8-17)22-26-21(32-28-22)12-30-24(29)19-6-5-11-25-23(19)33-13-20-15(3)27-31-16(20)4/h5-11,14H,12-13H2,1-4H3. The Labute approximate surface area is 195 Å². The fourth-order valence-corrected chi connectivity index (χ4v) is 4.30. The third-order valence-corrected chi connectivity index (χ3v) is 6.19. The van der Waals surface area contributed by atoms with E-state index in [1.54, 1.807) is 18.3 Å². The number of aryl methyl sites for hydroxylation is 2. The van der Waals surface area contributed by atoms with Crippen LogP contribution >= 0.6 is 11.8 Å². The van der Waals surface area contributed by atoms with Gasteiger partial charge in [-0.3, -0.25) is 0 Å². The predicted octanol–water partition coefficient (Wildman–Crippen LogP) is 5.51. The SMILES string of the molecule is Cc1noc(C)c1CSc1ncccc1C(=O)OCc1nc(-c2ccc(C(C)C)cc2)no1.